The van der Waals surface area contributed by atoms with Crippen LogP contribution in [0, 0.1) is 0 Å². The molecule has 1 heterocycles. The largest absolute Gasteiger partial charge is 0.465 e. The molecule has 1 N–H and O–H groups in total. The summed E-state index contributed by atoms with van der Waals surface area (Å²) in [6.45, 7) is 6.02. The second-order valence-corrected chi connectivity index (χ2v) is 5.66. The number of amides is 1. The third kappa shape index (κ3) is 3.17. The van der Waals surface area contributed by atoms with E-state index in [1.54, 1.807) is 10.9 Å². The number of hydrogen-bond acceptors (Lipinski definition) is 2. The van der Waals surface area contributed by atoms with Gasteiger partial charge in [0.1, 0.15) is 0 Å². The minimum Gasteiger partial charge on any atom is -0.465 e. The van der Waals surface area contributed by atoms with E-state index in [0.29, 0.717) is 6.54 Å². The average Bonchev–Trinajstić information content (AvgIpc) is 2.88. The number of hydrogen-bond donors (Lipinski definition) is 1. The summed E-state index contributed by atoms with van der Waals surface area (Å²) in [7, 11) is 0. The molecule has 0 aliphatic rings. The van der Waals surface area contributed by atoms with Crippen molar-refractivity contribution in [3.8, 4) is 5.69 Å². The third-order valence-corrected chi connectivity index (χ3v) is 3.06. The molecule has 0 saturated heterocycles. The van der Waals surface area contributed by atoms with Crippen LogP contribution in [0.4, 0.5) is 4.79 Å². The normalized spacial score (nSPS) is 11.3. The lowest BCUT2D eigenvalue weighted by atomic mass is 10.1. The van der Waals surface area contributed by atoms with Crippen LogP contribution >= 0.6 is 0 Å². The molecule has 5 heteroatoms. The molecule has 1 amide bonds. The summed E-state index contributed by atoms with van der Waals surface area (Å²) < 4.78 is 1.76. The van der Waals surface area contributed by atoms with Gasteiger partial charge in [-0.05, 0) is 44.5 Å². The molecule has 2 aromatic rings. The van der Waals surface area contributed by atoms with Crippen LogP contribution in [0.1, 0.15) is 26.3 Å². The van der Waals surface area contributed by atoms with Crippen LogP contribution in [0.5, 0.6) is 0 Å². The number of aromatic nitrogens is 2. The fraction of sp³-hybridized carbons (Fsp3) is 0.333. The molecule has 0 aliphatic carbocycles. The highest BCUT2D eigenvalue weighted by atomic mass is 16.4. The molecule has 1 aromatic heterocycles. The van der Waals surface area contributed by atoms with Gasteiger partial charge in [-0.25, -0.2) is 9.48 Å². The van der Waals surface area contributed by atoms with Gasteiger partial charge in [-0.3, -0.25) is 4.90 Å². The molecular formula is C15H19N3O2. The Labute approximate surface area is 118 Å². The molecule has 0 bridgehead atoms. The monoisotopic (exact) mass is 273 g/mol. The van der Waals surface area contributed by atoms with Gasteiger partial charge in [-0.15, -0.1) is 0 Å². The third-order valence-electron chi connectivity index (χ3n) is 3.06. The standard InChI is InChI=1S/C15H19N3O2/c1-15(2,3)17(14(19)20)11-12-6-4-7-13(10-12)18-9-5-8-16-18/h4-10H,11H2,1-3H3,(H,19,20). The highest BCUT2D eigenvalue weighted by molar-refractivity contribution is 5.66. The lowest BCUT2D eigenvalue weighted by Gasteiger charge is -2.33. The van der Waals surface area contributed by atoms with Crippen molar-refractivity contribution in [1.82, 2.24) is 14.7 Å². The van der Waals surface area contributed by atoms with E-state index in [1.165, 1.54) is 4.90 Å². The van der Waals surface area contributed by atoms with Gasteiger partial charge in [-0.1, -0.05) is 12.1 Å². The number of benzene rings is 1. The lowest BCUT2D eigenvalue weighted by Crippen LogP contribution is -2.44. The molecule has 1 aromatic carbocycles. The Kier molecular flexibility index (Phi) is 3.79. The molecule has 20 heavy (non-hydrogen) atoms. The SMILES string of the molecule is CC(C)(C)N(Cc1cccc(-n2cccn2)c1)C(=O)O. The van der Waals surface area contributed by atoms with Gasteiger partial charge < -0.3 is 5.11 Å². The average molecular weight is 273 g/mol. The van der Waals surface area contributed by atoms with Crippen LogP contribution in [0.15, 0.2) is 42.7 Å². The zero-order valence-electron chi connectivity index (χ0n) is 11.9. The van der Waals surface area contributed by atoms with Crippen LogP contribution in [0.25, 0.3) is 5.69 Å². The van der Waals surface area contributed by atoms with Crippen molar-refractivity contribution in [2.45, 2.75) is 32.9 Å². The van der Waals surface area contributed by atoms with Gasteiger partial charge in [0.15, 0.2) is 0 Å². The van der Waals surface area contributed by atoms with E-state index in [-0.39, 0.29) is 0 Å². The summed E-state index contributed by atoms with van der Waals surface area (Å²) in [5.41, 5.74) is 1.43. The predicted octanol–water partition coefficient (Wildman–Crippen LogP) is 3.15. The highest BCUT2D eigenvalue weighted by Crippen LogP contribution is 2.19. The summed E-state index contributed by atoms with van der Waals surface area (Å²) in [5, 5.41) is 13.5. The zero-order valence-corrected chi connectivity index (χ0v) is 11.9. The first kappa shape index (κ1) is 14.1. The van der Waals surface area contributed by atoms with Crippen molar-refractivity contribution >= 4 is 6.09 Å². The predicted molar refractivity (Wildman–Crippen MR) is 76.9 cm³/mol. The van der Waals surface area contributed by atoms with Crippen molar-refractivity contribution in [3.05, 3.63) is 48.3 Å². The van der Waals surface area contributed by atoms with Crippen LogP contribution < -0.4 is 0 Å². The zero-order chi connectivity index (χ0) is 14.8. The van der Waals surface area contributed by atoms with E-state index in [4.69, 9.17) is 0 Å². The van der Waals surface area contributed by atoms with Gasteiger partial charge in [0, 0.05) is 24.5 Å². The Bertz CT molecular complexity index is 585. The summed E-state index contributed by atoms with van der Waals surface area (Å²) in [5.74, 6) is 0. The second-order valence-electron chi connectivity index (χ2n) is 5.66. The van der Waals surface area contributed by atoms with E-state index in [0.717, 1.165) is 11.3 Å². The maximum atomic E-state index is 11.4. The molecule has 5 nitrogen and oxygen atoms in total. The molecule has 106 valence electrons. The molecule has 0 atom stereocenters. The molecule has 0 radical (unpaired) electrons. The summed E-state index contributed by atoms with van der Waals surface area (Å²) in [6, 6.07) is 9.59. The summed E-state index contributed by atoms with van der Waals surface area (Å²) >= 11 is 0. The highest BCUT2D eigenvalue weighted by Gasteiger charge is 2.26. The molecule has 2 rings (SSSR count). The van der Waals surface area contributed by atoms with Gasteiger partial charge in [0.25, 0.3) is 0 Å². The molecule has 0 unspecified atom stereocenters. The summed E-state index contributed by atoms with van der Waals surface area (Å²) in [4.78, 5) is 12.8. The number of carbonyl (C=O) groups is 1. The van der Waals surface area contributed by atoms with E-state index >= 15 is 0 Å². The molecule has 0 spiro atoms. The maximum Gasteiger partial charge on any atom is 0.408 e. The Morgan fingerprint density at radius 1 is 1.35 bits per heavy atom. The van der Waals surface area contributed by atoms with Gasteiger partial charge in [0.05, 0.1) is 5.69 Å². The van der Waals surface area contributed by atoms with E-state index in [9.17, 15) is 9.90 Å². The minimum atomic E-state index is -0.915. The molecule has 0 saturated carbocycles. The van der Waals surface area contributed by atoms with Crippen LogP contribution in [-0.4, -0.2) is 31.4 Å². The van der Waals surface area contributed by atoms with Gasteiger partial charge in [-0.2, -0.15) is 5.10 Å². The van der Waals surface area contributed by atoms with E-state index < -0.39 is 11.6 Å². The van der Waals surface area contributed by atoms with Crippen LogP contribution in [-0.2, 0) is 6.54 Å². The Morgan fingerprint density at radius 2 is 2.10 bits per heavy atom. The van der Waals surface area contributed by atoms with E-state index in [2.05, 4.69) is 5.10 Å². The number of rotatable bonds is 3. The summed E-state index contributed by atoms with van der Waals surface area (Å²) in [6.07, 6.45) is 2.66. The van der Waals surface area contributed by atoms with Gasteiger partial charge >= 0.3 is 6.09 Å². The van der Waals surface area contributed by atoms with Crippen molar-refractivity contribution in [2.75, 3.05) is 0 Å². The van der Waals surface area contributed by atoms with Crippen LogP contribution in [0.2, 0.25) is 0 Å². The van der Waals surface area contributed by atoms with Crippen LogP contribution in [0.3, 0.4) is 0 Å². The van der Waals surface area contributed by atoms with Crippen molar-refractivity contribution in [2.24, 2.45) is 0 Å². The Balaban J connectivity index is 2.25. The first-order valence-electron chi connectivity index (χ1n) is 6.47. The number of carboxylic acid groups (broad SMARTS) is 1. The minimum absolute atomic E-state index is 0.355. The lowest BCUT2D eigenvalue weighted by molar-refractivity contribution is 0.0955. The quantitative estimate of drug-likeness (QED) is 0.934. The first-order valence-corrected chi connectivity index (χ1v) is 6.47. The van der Waals surface area contributed by atoms with Crippen molar-refractivity contribution in [3.63, 3.8) is 0 Å². The van der Waals surface area contributed by atoms with Crippen molar-refractivity contribution in [1.29, 1.82) is 0 Å². The second kappa shape index (κ2) is 5.36. The fourth-order valence-corrected chi connectivity index (χ4v) is 1.99. The Hall–Kier alpha value is -2.30. The van der Waals surface area contributed by atoms with Gasteiger partial charge in [0.2, 0.25) is 0 Å². The van der Waals surface area contributed by atoms with Crippen molar-refractivity contribution < 1.29 is 9.90 Å². The molecular weight excluding hydrogens is 254 g/mol. The maximum absolute atomic E-state index is 11.4. The fourth-order valence-electron chi connectivity index (χ4n) is 1.99. The Morgan fingerprint density at radius 3 is 2.65 bits per heavy atom. The number of nitrogens with zero attached hydrogens (tertiary/aromatic N) is 3. The molecule has 0 fully saturated rings. The first-order chi connectivity index (χ1) is 9.38. The topological polar surface area (TPSA) is 58.4 Å². The smallest absolute Gasteiger partial charge is 0.408 e. The molecule has 0 aliphatic heterocycles. The van der Waals surface area contributed by atoms with E-state index in [1.807, 2.05) is 57.3 Å².